The fraction of sp³-hybridized carbons (Fsp3) is 0.250. The van der Waals surface area contributed by atoms with Crippen molar-refractivity contribution in [3.63, 3.8) is 0 Å². The number of aldehydes is 1. The molecule has 0 atom stereocenters. The summed E-state index contributed by atoms with van der Waals surface area (Å²) in [4.78, 5) is 38.0. The number of hydrogen-bond donors (Lipinski definition) is 1. The number of anilines is 1. The second-order valence-corrected chi connectivity index (χ2v) is 5.61. The Morgan fingerprint density at radius 1 is 1.25 bits per heavy atom. The van der Waals surface area contributed by atoms with Crippen LogP contribution in [0.2, 0.25) is 5.02 Å². The second-order valence-electron chi connectivity index (χ2n) is 5.20. The van der Waals surface area contributed by atoms with Crippen LogP contribution in [-0.4, -0.2) is 30.8 Å². The van der Waals surface area contributed by atoms with Crippen molar-refractivity contribution in [1.82, 2.24) is 0 Å². The van der Waals surface area contributed by atoms with E-state index in [2.05, 4.69) is 5.32 Å². The number of rotatable bonds is 4. The Hall–Kier alpha value is -3.06. The van der Waals surface area contributed by atoms with Gasteiger partial charge in [0.1, 0.15) is 12.6 Å². The molecule has 0 spiro atoms. The number of Topliss-reactive ketones (excluding diaryl/α,β-unsaturated/α-hetero) is 1. The van der Waals surface area contributed by atoms with Crippen LogP contribution >= 0.6 is 11.6 Å². The van der Waals surface area contributed by atoms with Crippen molar-refractivity contribution in [3.8, 4) is 0 Å². The number of hydrogen-bond acceptors (Lipinski definition) is 6. The molecule has 1 N–H and O–H groups in total. The van der Waals surface area contributed by atoms with Crippen LogP contribution in [0.5, 0.6) is 0 Å². The van der Waals surface area contributed by atoms with E-state index in [-0.39, 0.29) is 16.4 Å². The van der Waals surface area contributed by atoms with E-state index in [9.17, 15) is 19.7 Å². The number of ketones is 1. The number of nitro groups is 1. The lowest BCUT2D eigenvalue weighted by atomic mass is 10.2. The molecule has 0 bridgehead atoms. The SMILES string of the molecule is C=O.CCC(C)=O.CNc1ccc(C=O)c(Cl)c1.Cc1ccccc1[N+](=O)[O-]. The Balaban J connectivity index is 0. The molecule has 0 saturated heterocycles. The Morgan fingerprint density at radius 3 is 2.11 bits per heavy atom. The highest BCUT2D eigenvalue weighted by molar-refractivity contribution is 6.33. The zero-order chi connectivity index (χ0) is 22.1. The molecule has 0 saturated carbocycles. The number of halogens is 1. The van der Waals surface area contributed by atoms with Crippen molar-refractivity contribution in [2.45, 2.75) is 27.2 Å². The number of benzene rings is 2. The summed E-state index contributed by atoms with van der Waals surface area (Å²) in [6.07, 6.45) is 1.40. The first-order valence-corrected chi connectivity index (χ1v) is 8.55. The van der Waals surface area contributed by atoms with Gasteiger partial charge in [0.15, 0.2) is 6.29 Å². The quantitative estimate of drug-likeness (QED) is 0.438. The van der Waals surface area contributed by atoms with E-state index in [1.807, 2.05) is 13.7 Å². The summed E-state index contributed by atoms with van der Waals surface area (Å²) in [7, 11) is 1.80. The van der Waals surface area contributed by atoms with Gasteiger partial charge >= 0.3 is 0 Å². The molecular formula is C20H25ClN2O5. The molecule has 0 aromatic heterocycles. The molecule has 152 valence electrons. The van der Waals surface area contributed by atoms with Gasteiger partial charge in [-0.25, -0.2) is 0 Å². The van der Waals surface area contributed by atoms with Gasteiger partial charge in [0.05, 0.1) is 9.95 Å². The van der Waals surface area contributed by atoms with E-state index in [0.717, 1.165) is 12.0 Å². The first-order chi connectivity index (χ1) is 13.3. The van der Waals surface area contributed by atoms with Crippen LogP contribution in [0.1, 0.15) is 36.2 Å². The van der Waals surface area contributed by atoms with Crippen molar-refractivity contribution in [1.29, 1.82) is 0 Å². The maximum atomic E-state index is 10.3. The van der Waals surface area contributed by atoms with E-state index in [4.69, 9.17) is 16.4 Å². The van der Waals surface area contributed by atoms with Gasteiger partial charge in [0.2, 0.25) is 0 Å². The fourth-order valence-corrected chi connectivity index (χ4v) is 1.77. The van der Waals surface area contributed by atoms with E-state index in [1.54, 1.807) is 57.3 Å². The fourth-order valence-electron chi connectivity index (χ4n) is 1.55. The van der Waals surface area contributed by atoms with Gasteiger partial charge in [-0.2, -0.15) is 0 Å². The summed E-state index contributed by atoms with van der Waals surface area (Å²) in [5, 5.41) is 13.6. The summed E-state index contributed by atoms with van der Waals surface area (Å²) in [5.41, 5.74) is 2.31. The highest BCUT2D eigenvalue weighted by atomic mass is 35.5. The molecule has 7 nitrogen and oxygen atoms in total. The van der Waals surface area contributed by atoms with Crippen LogP contribution in [0.15, 0.2) is 42.5 Å². The highest BCUT2D eigenvalue weighted by Crippen LogP contribution is 2.18. The molecule has 2 aromatic rings. The molecule has 0 heterocycles. The molecule has 28 heavy (non-hydrogen) atoms. The zero-order valence-corrected chi connectivity index (χ0v) is 17.2. The Kier molecular flexibility index (Phi) is 15.7. The third kappa shape index (κ3) is 11.5. The minimum atomic E-state index is -0.380. The molecule has 0 aliphatic carbocycles. The van der Waals surface area contributed by atoms with Gasteiger partial charge in [-0.05, 0) is 32.0 Å². The molecule has 8 heteroatoms. The molecule has 0 fully saturated rings. The van der Waals surface area contributed by atoms with Gasteiger partial charge in [-0.3, -0.25) is 14.9 Å². The molecule has 0 radical (unpaired) electrons. The van der Waals surface area contributed by atoms with Gasteiger partial charge in [-0.15, -0.1) is 0 Å². The lowest BCUT2D eigenvalue weighted by molar-refractivity contribution is -0.385. The van der Waals surface area contributed by atoms with Crippen molar-refractivity contribution >= 4 is 41.8 Å². The summed E-state index contributed by atoms with van der Waals surface area (Å²) in [6.45, 7) is 7.15. The molecule has 2 aromatic carbocycles. The molecule has 0 amide bonds. The van der Waals surface area contributed by atoms with Crippen molar-refractivity contribution in [2.75, 3.05) is 12.4 Å². The Morgan fingerprint density at radius 2 is 1.79 bits per heavy atom. The summed E-state index contributed by atoms with van der Waals surface area (Å²) in [6, 6.07) is 11.9. The summed E-state index contributed by atoms with van der Waals surface area (Å²) >= 11 is 5.74. The van der Waals surface area contributed by atoms with E-state index in [1.165, 1.54) is 6.07 Å². The largest absolute Gasteiger partial charge is 0.388 e. The molecule has 2 rings (SSSR count). The van der Waals surface area contributed by atoms with E-state index in [0.29, 0.717) is 22.6 Å². The Bertz CT molecular complexity index is 766. The minimum absolute atomic E-state index is 0.183. The van der Waals surface area contributed by atoms with Crippen LogP contribution in [0.3, 0.4) is 0 Å². The number of carbonyl (C=O) groups excluding carboxylic acids is 3. The normalized spacial score (nSPS) is 8.46. The summed E-state index contributed by atoms with van der Waals surface area (Å²) in [5.74, 6) is 0.255. The van der Waals surface area contributed by atoms with Gasteiger partial charge in [-0.1, -0.05) is 36.7 Å². The highest BCUT2D eigenvalue weighted by Gasteiger charge is 2.06. The zero-order valence-electron chi connectivity index (χ0n) is 16.4. The van der Waals surface area contributed by atoms with Gasteiger partial charge in [0, 0.05) is 36.3 Å². The van der Waals surface area contributed by atoms with Crippen molar-refractivity contribution in [2.24, 2.45) is 0 Å². The smallest absolute Gasteiger partial charge is 0.272 e. The van der Waals surface area contributed by atoms with E-state index >= 15 is 0 Å². The number of para-hydroxylation sites is 1. The number of carbonyl (C=O) groups is 3. The maximum Gasteiger partial charge on any atom is 0.272 e. The number of nitrogens with zero attached hydrogens (tertiary/aromatic N) is 1. The van der Waals surface area contributed by atoms with Crippen LogP contribution in [0, 0.1) is 17.0 Å². The molecular weight excluding hydrogens is 384 g/mol. The minimum Gasteiger partial charge on any atom is -0.388 e. The van der Waals surface area contributed by atoms with Crippen molar-refractivity contribution in [3.05, 3.63) is 68.7 Å². The number of nitro benzene ring substituents is 1. The standard InChI is InChI=1S/C8H8ClNO.C7H7NO2.C4H8O.CH2O/c1-10-7-3-2-6(5-11)8(9)4-7;1-6-4-2-3-5-7(6)8(9)10;1-3-4(2)5;1-2/h2-5,10H,1H3;2-5H,1H3;3H2,1-2H3;1H2. The lowest BCUT2D eigenvalue weighted by Crippen LogP contribution is -1.89. The maximum absolute atomic E-state index is 10.3. The monoisotopic (exact) mass is 408 g/mol. The van der Waals surface area contributed by atoms with Crippen LogP contribution in [0.25, 0.3) is 0 Å². The number of nitrogens with one attached hydrogen (secondary N) is 1. The van der Waals surface area contributed by atoms with E-state index < -0.39 is 0 Å². The van der Waals surface area contributed by atoms with Gasteiger partial charge in [0.25, 0.3) is 5.69 Å². The first-order valence-electron chi connectivity index (χ1n) is 8.17. The number of aryl methyl sites for hydroxylation is 1. The predicted molar refractivity (Wildman–Crippen MR) is 112 cm³/mol. The average molecular weight is 409 g/mol. The lowest BCUT2D eigenvalue weighted by Gasteiger charge is -2.00. The predicted octanol–water partition coefficient (Wildman–Crippen LogP) is 4.90. The first kappa shape index (κ1) is 27.2. The average Bonchev–Trinajstić information content (AvgIpc) is 2.70. The second kappa shape index (κ2) is 16.1. The van der Waals surface area contributed by atoms with Gasteiger partial charge < -0.3 is 14.9 Å². The molecule has 0 aliphatic heterocycles. The van der Waals surface area contributed by atoms with Crippen LogP contribution in [0.4, 0.5) is 11.4 Å². The third-order valence-corrected chi connectivity index (χ3v) is 3.55. The molecule has 0 unspecified atom stereocenters. The summed E-state index contributed by atoms with van der Waals surface area (Å²) < 4.78 is 0. The molecule has 0 aliphatic rings. The van der Waals surface area contributed by atoms with Crippen LogP contribution < -0.4 is 5.32 Å². The van der Waals surface area contributed by atoms with Crippen LogP contribution in [-0.2, 0) is 9.59 Å². The van der Waals surface area contributed by atoms with Crippen molar-refractivity contribution < 1.29 is 19.3 Å². The third-order valence-electron chi connectivity index (χ3n) is 3.23. The topological polar surface area (TPSA) is 106 Å². The Labute approximate surface area is 169 Å².